The van der Waals surface area contributed by atoms with Gasteiger partial charge in [0, 0.05) is 64.2 Å². The molecule has 4 rings (SSSR count). The lowest BCUT2D eigenvalue weighted by Gasteiger charge is -2.37. The number of piperazine rings is 2. The minimum absolute atomic E-state index is 0.0616. The van der Waals surface area contributed by atoms with Crippen molar-refractivity contribution in [3.63, 3.8) is 0 Å². The summed E-state index contributed by atoms with van der Waals surface area (Å²) in [4.78, 5) is 57.4. The van der Waals surface area contributed by atoms with Gasteiger partial charge in [0.25, 0.3) is 0 Å². The Balaban J connectivity index is 0.959. The Kier molecular flexibility index (Phi) is 15.2. The average Bonchev–Trinajstić information content (AvgIpc) is 3.13. The molecule has 4 amide bonds. The molecule has 2 heterocycles. The van der Waals surface area contributed by atoms with Crippen LogP contribution in [0.15, 0.2) is 0 Å². The average molecular weight is 663 g/mol. The molecule has 2 aliphatic heterocycles. The van der Waals surface area contributed by atoms with E-state index in [2.05, 4.69) is 12.0 Å². The maximum Gasteiger partial charge on any atom is 0.410 e. The summed E-state index contributed by atoms with van der Waals surface area (Å²) in [5.74, 6) is 4.32. The molecule has 2 saturated heterocycles. The predicted molar refractivity (Wildman–Crippen MR) is 173 cm³/mol. The van der Waals surface area contributed by atoms with Gasteiger partial charge in [-0.15, -0.1) is 0 Å². The Labute approximate surface area is 278 Å². The van der Waals surface area contributed by atoms with Crippen molar-refractivity contribution in [1.82, 2.24) is 19.6 Å². The van der Waals surface area contributed by atoms with Gasteiger partial charge in [0.2, 0.25) is 11.8 Å². The minimum Gasteiger partial charge on any atom is -0.447 e. The second-order valence-electron chi connectivity index (χ2n) is 12.9. The van der Waals surface area contributed by atoms with Crippen LogP contribution in [0, 0.1) is 35.7 Å². The summed E-state index contributed by atoms with van der Waals surface area (Å²) in [5.41, 5.74) is 11.5. The van der Waals surface area contributed by atoms with Crippen molar-refractivity contribution in [2.75, 3.05) is 98.5 Å². The molecule has 4 fully saturated rings. The van der Waals surface area contributed by atoms with Gasteiger partial charge in [-0.1, -0.05) is 0 Å². The van der Waals surface area contributed by atoms with Gasteiger partial charge in [0.05, 0.1) is 6.61 Å². The fourth-order valence-corrected chi connectivity index (χ4v) is 6.82. The molecule has 0 aromatic heterocycles. The zero-order chi connectivity index (χ0) is 33.4. The van der Waals surface area contributed by atoms with E-state index in [9.17, 15) is 19.2 Å². The highest BCUT2D eigenvalue weighted by molar-refractivity contribution is 5.80. The number of carbonyl (C=O) groups is 4. The van der Waals surface area contributed by atoms with Gasteiger partial charge in [-0.3, -0.25) is 9.59 Å². The Morgan fingerprint density at radius 1 is 0.553 bits per heavy atom. The largest absolute Gasteiger partial charge is 0.447 e. The van der Waals surface area contributed by atoms with Crippen molar-refractivity contribution in [3.8, 4) is 12.0 Å². The molecular formula is C33H54N6O8. The third-order valence-corrected chi connectivity index (χ3v) is 9.94. The molecular weight excluding hydrogens is 608 g/mol. The Morgan fingerprint density at radius 3 is 1.38 bits per heavy atom. The molecule has 14 heteroatoms. The van der Waals surface area contributed by atoms with Crippen LogP contribution in [0.25, 0.3) is 0 Å². The maximum atomic E-state index is 12.9. The molecule has 4 N–H and O–H groups in total. The summed E-state index contributed by atoms with van der Waals surface area (Å²) in [6.07, 6.45) is 9.31. The van der Waals surface area contributed by atoms with Gasteiger partial charge < -0.3 is 50.0 Å². The number of hydrogen-bond acceptors (Lipinski definition) is 10. The molecule has 47 heavy (non-hydrogen) atoms. The van der Waals surface area contributed by atoms with Crippen molar-refractivity contribution in [3.05, 3.63) is 0 Å². The van der Waals surface area contributed by atoms with Crippen LogP contribution in [0.5, 0.6) is 0 Å². The molecule has 2 aliphatic carbocycles. The van der Waals surface area contributed by atoms with Crippen molar-refractivity contribution in [2.24, 2.45) is 35.1 Å². The maximum absolute atomic E-state index is 12.9. The first-order valence-corrected chi connectivity index (χ1v) is 17.4. The SMILES string of the molecule is NCC1CCC(C(=O)N2CCN(C(=O)OCCOC#CCOCCOC(=O)N3CCN(C(=O)C4CCC(CN)CC4)CC3)CC2)CC1. The van der Waals surface area contributed by atoms with Crippen LogP contribution in [0.4, 0.5) is 9.59 Å². The molecule has 0 bridgehead atoms. The summed E-state index contributed by atoms with van der Waals surface area (Å²) in [7, 11) is 0. The molecule has 0 aromatic rings. The van der Waals surface area contributed by atoms with Crippen LogP contribution in [0.1, 0.15) is 51.4 Å². The summed E-state index contributed by atoms with van der Waals surface area (Å²) in [6, 6.07) is 0. The van der Waals surface area contributed by atoms with E-state index in [0.29, 0.717) is 77.3 Å². The summed E-state index contributed by atoms with van der Waals surface area (Å²) < 4.78 is 21.1. The minimum atomic E-state index is -0.425. The molecule has 4 aliphatic rings. The van der Waals surface area contributed by atoms with Crippen LogP contribution in [0.2, 0.25) is 0 Å². The molecule has 0 atom stereocenters. The topological polar surface area (TPSA) is 170 Å². The zero-order valence-electron chi connectivity index (χ0n) is 27.8. The lowest BCUT2D eigenvalue weighted by atomic mass is 9.81. The van der Waals surface area contributed by atoms with Crippen LogP contribution in [-0.4, -0.2) is 142 Å². The number of hydrogen-bond donors (Lipinski definition) is 2. The number of nitrogens with zero attached hydrogens (tertiary/aromatic N) is 4. The van der Waals surface area contributed by atoms with Crippen LogP contribution in [-0.2, 0) is 28.5 Å². The van der Waals surface area contributed by atoms with Crippen molar-refractivity contribution in [1.29, 1.82) is 0 Å². The molecule has 264 valence electrons. The van der Waals surface area contributed by atoms with E-state index in [4.69, 9.17) is 30.4 Å². The predicted octanol–water partition coefficient (Wildman–Crippen LogP) is 1.07. The Morgan fingerprint density at radius 2 is 0.957 bits per heavy atom. The van der Waals surface area contributed by atoms with Crippen molar-refractivity contribution < 1.29 is 38.1 Å². The molecule has 0 aromatic carbocycles. The molecule has 14 nitrogen and oxygen atoms in total. The lowest BCUT2D eigenvalue weighted by Crippen LogP contribution is -2.52. The van der Waals surface area contributed by atoms with E-state index in [-0.39, 0.29) is 56.7 Å². The van der Waals surface area contributed by atoms with E-state index in [1.165, 1.54) is 0 Å². The summed E-state index contributed by atoms with van der Waals surface area (Å²) in [6.45, 7) is 5.83. The monoisotopic (exact) mass is 662 g/mol. The van der Waals surface area contributed by atoms with E-state index >= 15 is 0 Å². The number of amides is 4. The van der Waals surface area contributed by atoms with Crippen LogP contribution in [0.3, 0.4) is 0 Å². The summed E-state index contributed by atoms with van der Waals surface area (Å²) in [5, 5.41) is 0. The lowest BCUT2D eigenvalue weighted by molar-refractivity contribution is -0.139. The number of rotatable bonds is 11. The van der Waals surface area contributed by atoms with Crippen LogP contribution >= 0.6 is 0 Å². The van der Waals surface area contributed by atoms with E-state index in [1.54, 1.807) is 9.80 Å². The van der Waals surface area contributed by atoms with Gasteiger partial charge in [0.15, 0.2) is 0 Å². The fourth-order valence-electron chi connectivity index (χ4n) is 6.82. The highest BCUT2D eigenvalue weighted by atomic mass is 16.6. The van der Waals surface area contributed by atoms with Crippen molar-refractivity contribution >= 4 is 24.0 Å². The zero-order valence-corrected chi connectivity index (χ0v) is 27.8. The second kappa shape index (κ2) is 19.5. The summed E-state index contributed by atoms with van der Waals surface area (Å²) >= 11 is 0. The highest BCUT2D eigenvalue weighted by Crippen LogP contribution is 2.31. The normalized spacial score (nSPS) is 25.0. The Bertz CT molecular complexity index is 1070. The fraction of sp³-hybridized carbons (Fsp3) is 0.818. The molecule has 0 unspecified atom stereocenters. The number of carbonyl (C=O) groups excluding carboxylic acids is 4. The van der Waals surface area contributed by atoms with Gasteiger partial charge >= 0.3 is 12.2 Å². The van der Waals surface area contributed by atoms with Crippen molar-refractivity contribution in [2.45, 2.75) is 51.4 Å². The first-order valence-electron chi connectivity index (χ1n) is 17.4. The van der Waals surface area contributed by atoms with Crippen LogP contribution < -0.4 is 11.5 Å². The van der Waals surface area contributed by atoms with Gasteiger partial charge in [-0.05, 0) is 82.2 Å². The number of ether oxygens (including phenoxy) is 4. The first-order chi connectivity index (χ1) is 22.9. The van der Waals surface area contributed by atoms with E-state index in [0.717, 1.165) is 51.4 Å². The third kappa shape index (κ3) is 11.4. The molecule has 0 radical (unpaired) electrons. The third-order valence-electron chi connectivity index (χ3n) is 9.94. The van der Waals surface area contributed by atoms with Gasteiger partial charge in [-0.25, -0.2) is 9.59 Å². The Hall–Kier alpha value is -3.28. The van der Waals surface area contributed by atoms with E-state index in [1.807, 2.05) is 9.80 Å². The molecule has 2 saturated carbocycles. The smallest absolute Gasteiger partial charge is 0.410 e. The standard InChI is InChI=1S/C33H54N6O8/c34-24-26-2-6-28(7-3-26)30(40)36-10-14-38(15-11-36)32(42)46-22-20-44-18-1-19-45-21-23-47-33(43)39-16-12-37(13-17-39)31(41)29-8-4-27(25-35)5-9-29/h26-29H,2-18,20-25,34-35H2. The first kappa shape index (κ1) is 36.6. The molecule has 0 spiro atoms. The van der Waals surface area contributed by atoms with Gasteiger partial charge in [-0.2, -0.15) is 0 Å². The number of nitrogens with two attached hydrogens (primary N) is 2. The highest BCUT2D eigenvalue weighted by Gasteiger charge is 2.33. The quantitative estimate of drug-likeness (QED) is 0.241. The van der Waals surface area contributed by atoms with Gasteiger partial charge in [0.1, 0.15) is 32.5 Å². The van der Waals surface area contributed by atoms with E-state index < -0.39 is 12.2 Å². The second-order valence-corrected chi connectivity index (χ2v) is 12.9.